The molecule has 1 aromatic rings. The summed E-state index contributed by atoms with van der Waals surface area (Å²) in [4.78, 5) is 0. The zero-order valence-electron chi connectivity index (χ0n) is 10.1. The molecule has 0 heterocycles. The fraction of sp³-hybridized carbons (Fsp3) is 0.429. The highest BCUT2D eigenvalue weighted by Crippen LogP contribution is 2.22. The summed E-state index contributed by atoms with van der Waals surface area (Å²) in [5.74, 6) is 0. The average Bonchev–Trinajstić information content (AvgIpc) is 2.25. The standard InChI is InChI=1S/C14H20BrN/c1-4-9-16-14(10-11(2)3)12-5-7-13(15)8-6-12/h5-8,14,16H,2,4,9-10H2,1,3H3. The van der Waals surface area contributed by atoms with Crippen molar-refractivity contribution in [3.8, 4) is 0 Å². The van der Waals surface area contributed by atoms with E-state index in [4.69, 9.17) is 0 Å². The molecule has 0 aliphatic carbocycles. The number of hydrogen-bond acceptors (Lipinski definition) is 1. The average molecular weight is 282 g/mol. The first kappa shape index (κ1) is 13.5. The highest BCUT2D eigenvalue weighted by Gasteiger charge is 2.10. The first-order valence-corrected chi connectivity index (χ1v) is 6.56. The number of rotatable bonds is 6. The minimum Gasteiger partial charge on any atom is -0.310 e. The van der Waals surface area contributed by atoms with Crippen LogP contribution in [0.15, 0.2) is 40.9 Å². The van der Waals surface area contributed by atoms with Crippen LogP contribution in [0.5, 0.6) is 0 Å². The van der Waals surface area contributed by atoms with Gasteiger partial charge >= 0.3 is 0 Å². The summed E-state index contributed by atoms with van der Waals surface area (Å²) in [5.41, 5.74) is 2.55. The largest absolute Gasteiger partial charge is 0.310 e. The third-order valence-electron chi connectivity index (χ3n) is 2.47. The van der Waals surface area contributed by atoms with Gasteiger partial charge in [-0.15, -0.1) is 6.58 Å². The van der Waals surface area contributed by atoms with Crippen LogP contribution in [0, 0.1) is 0 Å². The van der Waals surface area contributed by atoms with Gasteiger partial charge in [0.05, 0.1) is 0 Å². The van der Waals surface area contributed by atoms with Crippen LogP contribution in [0.2, 0.25) is 0 Å². The van der Waals surface area contributed by atoms with Crippen molar-refractivity contribution in [3.63, 3.8) is 0 Å². The van der Waals surface area contributed by atoms with Crippen molar-refractivity contribution in [2.75, 3.05) is 6.54 Å². The van der Waals surface area contributed by atoms with Gasteiger partial charge in [-0.2, -0.15) is 0 Å². The monoisotopic (exact) mass is 281 g/mol. The van der Waals surface area contributed by atoms with Gasteiger partial charge in [-0.3, -0.25) is 0 Å². The Labute approximate surface area is 107 Å². The topological polar surface area (TPSA) is 12.0 Å². The van der Waals surface area contributed by atoms with Crippen molar-refractivity contribution >= 4 is 15.9 Å². The molecule has 0 radical (unpaired) electrons. The van der Waals surface area contributed by atoms with E-state index in [1.165, 1.54) is 11.1 Å². The van der Waals surface area contributed by atoms with Crippen LogP contribution in [-0.4, -0.2) is 6.54 Å². The smallest absolute Gasteiger partial charge is 0.0357 e. The summed E-state index contributed by atoms with van der Waals surface area (Å²) < 4.78 is 1.13. The van der Waals surface area contributed by atoms with Crippen molar-refractivity contribution in [3.05, 3.63) is 46.5 Å². The molecule has 0 aliphatic rings. The number of halogens is 1. The number of benzene rings is 1. The summed E-state index contributed by atoms with van der Waals surface area (Å²) in [5, 5.41) is 3.56. The van der Waals surface area contributed by atoms with Crippen molar-refractivity contribution in [2.24, 2.45) is 0 Å². The van der Waals surface area contributed by atoms with Gasteiger partial charge in [-0.05, 0) is 44.0 Å². The highest BCUT2D eigenvalue weighted by atomic mass is 79.9. The highest BCUT2D eigenvalue weighted by molar-refractivity contribution is 9.10. The van der Waals surface area contributed by atoms with Gasteiger partial charge in [0.1, 0.15) is 0 Å². The van der Waals surface area contributed by atoms with Gasteiger partial charge in [0.2, 0.25) is 0 Å². The van der Waals surface area contributed by atoms with Crippen molar-refractivity contribution in [1.29, 1.82) is 0 Å². The molecule has 1 nitrogen and oxygen atoms in total. The number of nitrogens with one attached hydrogen (secondary N) is 1. The molecule has 0 aliphatic heterocycles. The Morgan fingerprint density at radius 3 is 2.50 bits per heavy atom. The first-order valence-electron chi connectivity index (χ1n) is 5.76. The molecule has 1 atom stereocenters. The molecule has 2 heteroatoms. The van der Waals surface area contributed by atoms with Gasteiger partial charge in [0.15, 0.2) is 0 Å². The molecule has 0 amide bonds. The van der Waals surface area contributed by atoms with E-state index < -0.39 is 0 Å². The molecular formula is C14H20BrN. The molecule has 88 valence electrons. The van der Waals surface area contributed by atoms with Gasteiger partial charge in [-0.25, -0.2) is 0 Å². The zero-order valence-corrected chi connectivity index (χ0v) is 11.7. The normalized spacial score (nSPS) is 12.4. The van der Waals surface area contributed by atoms with Crippen LogP contribution in [0.25, 0.3) is 0 Å². The van der Waals surface area contributed by atoms with E-state index in [1.807, 2.05) is 0 Å². The van der Waals surface area contributed by atoms with Crippen LogP contribution in [0.1, 0.15) is 38.3 Å². The van der Waals surface area contributed by atoms with Crippen LogP contribution < -0.4 is 5.32 Å². The maximum Gasteiger partial charge on any atom is 0.0357 e. The molecule has 1 unspecified atom stereocenters. The van der Waals surface area contributed by atoms with E-state index in [0.717, 1.165) is 23.9 Å². The zero-order chi connectivity index (χ0) is 12.0. The fourth-order valence-corrected chi connectivity index (χ4v) is 1.93. The molecule has 0 aromatic heterocycles. The second kappa shape index (κ2) is 6.87. The lowest BCUT2D eigenvalue weighted by Crippen LogP contribution is -2.22. The molecule has 0 spiro atoms. The van der Waals surface area contributed by atoms with Crippen LogP contribution in [0.4, 0.5) is 0 Å². The lowest BCUT2D eigenvalue weighted by molar-refractivity contribution is 0.528. The summed E-state index contributed by atoms with van der Waals surface area (Å²) in [6.45, 7) is 9.32. The third-order valence-corrected chi connectivity index (χ3v) is 2.99. The Morgan fingerprint density at radius 1 is 1.38 bits per heavy atom. The predicted molar refractivity (Wildman–Crippen MR) is 74.6 cm³/mol. The summed E-state index contributed by atoms with van der Waals surface area (Å²) in [6.07, 6.45) is 2.16. The van der Waals surface area contributed by atoms with Gasteiger partial charge in [0.25, 0.3) is 0 Å². The minimum absolute atomic E-state index is 0.394. The predicted octanol–water partition coefficient (Wildman–Crippen LogP) is 4.46. The SMILES string of the molecule is C=C(C)CC(NCCC)c1ccc(Br)cc1. The minimum atomic E-state index is 0.394. The fourth-order valence-electron chi connectivity index (χ4n) is 1.67. The molecule has 0 bridgehead atoms. The Balaban J connectivity index is 2.74. The summed E-state index contributed by atoms with van der Waals surface area (Å²) in [7, 11) is 0. The van der Waals surface area contributed by atoms with E-state index in [2.05, 4.69) is 65.9 Å². The van der Waals surface area contributed by atoms with Gasteiger partial charge < -0.3 is 5.32 Å². The lowest BCUT2D eigenvalue weighted by Gasteiger charge is -2.19. The Kier molecular flexibility index (Phi) is 5.78. The van der Waals surface area contributed by atoms with Crippen molar-refractivity contribution in [2.45, 2.75) is 32.7 Å². The maximum atomic E-state index is 4.00. The molecule has 1 N–H and O–H groups in total. The first-order chi connectivity index (χ1) is 7.63. The summed E-state index contributed by atoms with van der Waals surface area (Å²) in [6, 6.07) is 8.91. The molecule has 0 saturated carbocycles. The maximum absolute atomic E-state index is 4.00. The van der Waals surface area contributed by atoms with E-state index in [0.29, 0.717) is 6.04 Å². The lowest BCUT2D eigenvalue weighted by atomic mass is 10.0. The van der Waals surface area contributed by atoms with Crippen LogP contribution in [-0.2, 0) is 0 Å². The van der Waals surface area contributed by atoms with E-state index in [-0.39, 0.29) is 0 Å². The van der Waals surface area contributed by atoms with Crippen molar-refractivity contribution in [1.82, 2.24) is 5.32 Å². The van der Waals surface area contributed by atoms with Crippen LogP contribution >= 0.6 is 15.9 Å². The second-order valence-corrected chi connectivity index (χ2v) is 5.14. The molecular weight excluding hydrogens is 262 g/mol. The molecule has 0 fully saturated rings. The van der Waals surface area contributed by atoms with E-state index in [9.17, 15) is 0 Å². The Morgan fingerprint density at radius 2 is 2.00 bits per heavy atom. The molecule has 1 rings (SSSR count). The summed E-state index contributed by atoms with van der Waals surface area (Å²) >= 11 is 3.46. The Bertz CT molecular complexity index is 329. The Hall–Kier alpha value is -0.600. The molecule has 0 saturated heterocycles. The van der Waals surface area contributed by atoms with Gasteiger partial charge in [-0.1, -0.05) is 40.6 Å². The number of hydrogen-bond donors (Lipinski definition) is 1. The van der Waals surface area contributed by atoms with Crippen LogP contribution in [0.3, 0.4) is 0 Å². The van der Waals surface area contributed by atoms with E-state index >= 15 is 0 Å². The molecule has 1 aromatic carbocycles. The quantitative estimate of drug-likeness (QED) is 0.760. The molecule has 16 heavy (non-hydrogen) atoms. The van der Waals surface area contributed by atoms with Gasteiger partial charge in [0, 0.05) is 10.5 Å². The van der Waals surface area contributed by atoms with E-state index in [1.54, 1.807) is 0 Å². The third kappa shape index (κ3) is 4.50. The van der Waals surface area contributed by atoms with Crippen molar-refractivity contribution < 1.29 is 0 Å². The second-order valence-electron chi connectivity index (χ2n) is 4.22.